The van der Waals surface area contributed by atoms with E-state index in [9.17, 15) is 4.79 Å². The maximum absolute atomic E-state index is 11.1. The number of hydrogen-bond acceptors (Lipinski definition) is 5. The van der Waals surface area contributed by atoms with Crippen LogP contribution in [0.5, 0.6) is 0 Å². The Balaban J connectivity index is 1.52. The van der Waals surface area contributed by atoms with Crippen LogP contribution in [0.4, 0.5) is 10.8 Å². The molecule has 0 radical (unpaired) electrons. The van der Waals surface area contributed by atoms with Gasteiger partial charge in [0.25, 0.3) is 0 Å². The molecule has 6 heteroatoms. The summed E-state index contributed by atoms with van der Waals surface area (Å²) >= 11 is 1.47. The van der Waals surface area contributed by atoms with Crippen molar-refractivity contribution in [3.63, 3.8) is 0 Å². The highest BCUT2D eigenvalue weighted by atomic mass is 32.1. The first-order chi connectivity index (χ1) is 12.1. The number of amides is 1. The third kappa shape index (κ3) is 5.28. The normalized spacial score (nSPS) is 14.8. The minimum Gasteiger partial charge on any atom is -0.372 e. The van der Waals surface area contributed by atoms with Gasteiger partial charge in [0, 0.05) is 44.2 Å². The number of piperidine rings is 1. The van der Waals surface area contributed by atoms with Crippen LogP contribution >= 0.6 is 11.3 Å². The number of nitrogens with one attached hydrogen (secondary N) is 1. The fourth-order valence-electron chi connectivity index (χ4n) is 3.20. The highest BCUT2D eigenvalue weighted by molar-refractivity contribution is 7.13. The van der Waals surface area contributed by atoms with Gasteiger partial charge in [-0.05, 0) is 44.0 Å². The molecule has 2 heterocycles. The first-order valence-corrected chi connectivity index (χ1v) is 9.72. The summed E-state index contributed by atoms with van der Waals surface area (Å²) in [5.41, 5.74) is 3.63. The molecule has 0 bridgehead atoms. The van der Waals surface area contributed by atoms with Gasteiger partial charge in [-0.3, -0.25) is 9.69 Å². The fourth-order valence-corrected chi connectivity index (χ4v) is 3.94. The molecule has 1 aliphatic rings. The second kappa shape index (κ2) is 8.45. The number of thiazole rings is 1. The number of benzene rings is 1. The van der Waals surface area contributed by atoms with Gasteiger partial charge in [-0.15, -0.1) is 11.3 Å². The minimum atomic E-state index is -0.0805. The van der Waals surface area contributed by atoms with Crippen LogP contribution < -0.4 is 10.2 Å². The molecule has 0 saturated carbocycles. The van der Waals surface area contributed by atoms with Crippen LogP contribution in [0.1, 0.15) is 37.4 Å². The lowest BCUT2D eigenvalue weighted by molar-refractivity contribution is -0.114. The van der Waals surface area contributed by atoms with E-state index in [-0.39, 0.29) is 5.91 Å². The van der Waals surface area contributed by atoms with E-state index in [0.717, 1.165) is 18.8 Å². The zero-order valence-electron chi connectivity index (χ0n) is 15.0. The van der Waals surface area contributed by atoms with Crippen molar-refractivity contribution in [1.29, 1.82) is 0 Å². The van der Waals surface area contributed by atoms with E-state index in [1.165, 1.54) is 61.9 Å². The molecule has 0 unspecified atom stereocenters. The summed E-state index contributed by atoms with van der Waals surface area (Å²) in [6, 6.07) is 8.94. The Bertz CT molecular complexity index is 692. The monoisotopic (exact) mass is 358 g/mol. The first kappa shape index (κ1) is 17.9. The van der Waals surface area contributed by atoms with Crippen LogP contribution in [0.15, 0.2) is 29.6 Å². The fraction of sp³-hybridized carbons (Fsp3) is 0.474. The number of anilines is 2. The Morgan fingerprint density at radius 3 is 2.60 bits per heavy atom. The van der Waals surface area contributed by atoms with Gasteiger partial charge in [-0.2, -0.15) is 0 Å². The molecular formula is C19H26N4OS. The quantitative estimate of drug-likeness (QED) is 0.855. The molecule has 5 nitrogen and oxygen atoms in total. The number of carbonyl (C=O) groups is 1. The Kier molecular flexibility index (Phi) is 6.04. The summed E-state index contributed by atoms with van der Waals surface area (Å²) in [6.07, 6.45) is 3.97. The average Bonchev–Trinajstić information content (AvgIpc) is 3.02. The second-order valence-corrected chi connectivity index (χ2v) is 7.57. The van der Waals surface area contributed by atoms with Crippen LogP contribution in [0, 0.1) is 0 Å². The summed E-state index contributed by atoms with van der Waals surface area (Å²) in [4.78, 5) is 20.2. The Labute approximate surface area is 153 Å². The minimum absolute atomic E-state index is 0.0805. The van der Waals surface area contributed by atoms with Crippen LogP contribution in [0.2, 0.25) is 0 Å². The molecule has 0 atom stereocenters. The van der Waals surface area contributed by atoms with Crippen molar-refractivity contribution in [2.75, 3.05) is 30.4 Å². The Morgan fingerprint density at radius 2 is 1.92 bits per heavy atom. The summed E-state index contributed by atoms with van der Waals surface area (Å²) in [6.45, 7) is 5.51. The summed E-state index contributed by atoms with van der Waals surface area (Å²) in [7, 11) is 2.09. The van der Waals surface area contributed by atoms with E-state index < -0.39 is 0 Å². The molecule has 3 rings (SSSR count). The van der Waals surface area contributed by atoms with E-state index in [1.807, 2.05) is 5.38 Å². The van der Waals surface area contributed by atoms with E-state index in [2.05, 4.69) is 51.4 Å². The molecule has 0 spiro atoms. The molecule has 1 N–H and O–H groups in total. The average molecular weight is 359 g/mol. The lowest BCUT2D eigenvalue weighted by Crippen LogP contribution is -2.29. The molecule has 25 heavy (non-hydrogen) atoms. The maximum Gasteiger partial charge on any atom is 0.223 e. The molecule has 1 fully saturated rings. The van der Waals surface area contributed by atoms with Gasteiger partial charge in [-0.25, -0.2) is 4.98 Å². The standard InChI is InChI=1S/C19H26N4OS/c1-15(24)20-19-21-17(14-25-19)13-22(2)12-16-6-8-18(9-7-16)23-10-4-3-5-11-23/h6-9,14H,3-5,10-13H2,1-2H3,(H,20,21,24). The summed E-state index contributed by atoms with van der Waals surface area (Å²) in [5.74, 6) is -0.0805. The number of carbonyl (C=O) groups excluding carboxylic acids is 1. The summed E-state index contributed by atoms with van der Waals surface area (Å²) in [5, 5.41) is 5.40. The van der Waals surface area contributed by atoms with E-state index >= 15 is 0 Å². The van der Waals surface area contributed by atoms with E-state index in [4.69, 9.17) is 0 Å². The number of rotatable bonds is 6. The van der Waals surface area contributed by atoms with Crippen molar-refractivity contribution in [2.24, 2.45) is 0 Å². The number of nitrogens with zero attached hydrogens (tertiary/aromatic N) is 3. The summed E-state index contributed by atoms with van der Waals surface area (Å²) < 4.78 is 0. The van der Waals surface area contributed by atoms with Crippen LogP contribution in [0.25, 0.3) is 0 Å². The van der Waals surface area contributed by atoms with Crippen molar-refractivity contribution in [1.82, 2.24) is 9.88 Å². The molecule has 1 aromatic heterocycles. The van der Waals surface area contributed by atoms with Gasteiger partial charge in [0.2, 0.25) is 5.91 Å². The zero-order chi connectivity index (χ0) is 17.6. The van der Waals surface area contributed by atoms with E-state index in [1.54, 1.807) is 0 Å². The molecule has 1 aromatic carbocycles. The SMILES string of the molecule is CC(=O)Nc1nc(CN(C)Cc2ccc(N3CCCCC3)cc2)cs1. The van der Waals surface area contributed by atoms with Crippen molar-refractivity contribution in [3.8, 4) is 0 Å². The smallest absolute Gasteiger partial charge is 0.223 e. The first-order valence-electron chi connectivity index (χ1n) is 8.84. The largest absolute Gasteiger partial charge is 0.372 e. The van der Waals surface area contributed by atoms with Crippen LogP contribution in [0.3, 0.4) is 0 Å². The van der Waals surface area contributed by atoms with Gasteiger partial charge in [0.1, 0.15) is 0 Å². The molecule has 134 valence electrons. The van der Waals surface area contributed by atoms with Crippen molar-refractivity contribution < 1.29 is 4.79 Å². The number of hydrogen-bond donors (Lipinski definition) is 1. The lowest BCUT2D eigenvalue weighted by Gasteiger charge is -2.29. The van der Waals surface area contributed by atoms with Gasteiger partial charge in [0.05, 0.1) is 5.69 Å². The molecule has 1 amide bonds. The highest BCUT2D eigenvalue weighted by Crippen LogP contribution is 2.21. The molecular weight excluding hydrogens is 332 g/mol. The highest BCUT2D eigenvalue weighted by Gasteiger charge is 2.11. The van der Waals surface area contributed by atoms with Gasteiger partial charge < -0.3 is 10.2 Å². The van der Waals surface area contributed by atoms with Crippen molar-refractivity contribution in [3.05, 3.63) is 40.9 Å². The van der Waals surface area contributed by atoms with Gasteiger partial charge >= 0.3 is 0 Å². The zero-order valence-corrected chi connectivity index (χ0v) is 15.8. The topological polar surface area (TPSA) is 48.5 Å². The Hall–Kier alpha value is -1.92. The third-order valence-corrected chi connectivity index (χ3v) is 5.18. The predicted molar refractivity (Wildman–Crippen MR) is 104 cm³/mol. The number of aromatic nitrogens is 1. The van der Waals surface area contributed by atoms with Crippen LogP contribution in [-0.2, 0) is 17.9 Å². The van der Waals surface area contributed by atoms with E-state index in [0.29, 0.717) is 5.13 Å². The third-order valence-electron chi connectivity index (χ3n) is 4.38. The van der Waals surface area contributed by atoms with Crippen molar-refractivity contribution >= 4 is 28.1 Å². The molecule has 0 aliphatic carbocycles. The van der Waals surface area contributed by atoms with Gasteiger partial charge in [-0.1, -0.05) is 12.1 Å². The Morgan fingerprint density at radius 1 is 1.20 bits per heavy atom. The lowest BCUT2D eigenvalue weighted by atomic mass is 10.1. The predicted octanol–water partition coefficient (Wildman–Crippen LogP) is 3.72. The molecule has 1 saturated heterocycles. The van der Waals surface area contributed by atoms with Crippen LogP contribution in [-0.4, -0.2) is 35.9 Å². The molecule has 1 aliphatic heterocycles. The van der Waals surface area contributed by atoms with Crippen molar-refractivity contribution in [2.45, 2.75) is 39.3 Å². The van der Waals surface area contributed by atoms with Gasteiger partial charge in [0.15, 0.2) is 5.13 Å². The molecule has 2 aromatic rings. The maximum atomic E-state index is 11.1. The second-order valence-electron chi connectivity index (χ2n) is 6.71.